The first-order chi connectivity index (χ1) is 12.5. The minimum atomic E-state index is -0.0333. The predicted octanol–water partition coefficient (Wildman–Crippen LogP) is 6.00. The van der Waals surface area contributed by atoms with E-state index < -0.39 is 0 Å². The molecule has 150 valence electrons. The Balaban J connectivity index is 0.000000613. The van der Waals surface area contributed by atoms with Crippen LogP contribution in [-0.2, 0) is 4.79 Å². The topological polar surface area (TPSA) is 37.3 Å². The Morgan fingerprint density at radius 2 is 1.69 bits per heavy atom. The molecule has 4 rings (SSSR count). The molecular weight excluding hydrogens is 388 g/mol. The smallest absolute Gasteiger partial charge is 0.147 e. The van der Waals surface area contributed by atoms with Gasteiger partial charge in [0.05, 0.1) is 11.4 Å². The normalized spacial score (nSPS) is 47.0. The summed E-state index contributed by atoms with van der Waals surface area (Å²) in [6.45, 7) is 6.68. The minimum Gasteiger partial charge on any atom is -0.393 e. The zero-order valence-electron chi connectivity index (χ0n) is 17.1. The van der Waals surface area contributed by atoms with Crippen molar-refractivity contribution >= 4 is 21.7 Å². The van der Waals surface area contributed by atoms with E-state index in [0.29, 0.717) is 17.0 Å². The largest absolute Gasteiger partial charge is 0.393 e. The van der Waals surface area contributed by atoms with Crippen LogP contribution in [0.25, 0.3) is 0 Å². The standard InChI is InChI=1S/C20H31BrO2.C3H8/c1-20-9-8-15-14-5-3-13(22)10-12(14)2-4-16(15)17(20)6-7-18(20)19(23)11-21;1-3-2/h12-18,22H,2-11H2,1H3;3H2,1-2H3/t12?,13?,14-,15?,16+,17?,18?,20?;/m0./s1. The molecule has 6 unspecified atom stereocenters. The molecule has 4 aliphatic rings. The Kier molecular flexibility index (Phi) is 6.92. The number of carbonyl (C=O) groups is 1. The van der Waals surface area contributed by atoms with Gasteiger partial charge < -0.3 is 5.11 Å². The van der Waals surface area contributed by atoms with Crippen LogP contribution in [0.1, 0.15) is 85.0 Å². The lowest BCUT2D eigenvalue weighted by Crippen LogP contribution is -2.49. The molecule has 1 N–H and O–H groups in total. The monoisotopic (exact) mass is 426 g/mol. The molecule has 0 spiro atoms. The van der Waals surface area contributed by atoms with Gasteiger partial charge in [-0.05, 0) is 92.8 Å². The van der Waals surface area contributed by atoms with Gasteiger partial charge in [-0.3, -0.25) is 4.79 Å². The van der Waals surface area contributed by atoms with Crippen molar-refractivity contribution in [3.8, 4) is 0 Å². The van der Waals surface area contributed by atoms with Crippen LogP contribution >= 0.6 is 15.9 Å². The van der Waals surface area contributed by atoms with E-state index in [1.54, 1.807) is 0 Å². The highest BCUT2D eigenvalue weighted by Crippen LogP contribution is 2.64. The molecule has 2 nitrogen and oxygen atoms in total. The van der Waals surface area contributed by atoms with Crippen LogP contribution in [0.3, 0.4) is 0 Å². The molecule has 0 heterocycles. The average molecular weight is 427 g/mol. The molecule has 0 amide bonds. The second-order valence-corrected chi connectivity index (χ2v) is 10.4. The van der Waals surface area contributed by atoms with Crippen LogP contribution < -0.4 is 0 Å². The Labute approximate surface area is 169 Å². The van der Waals surface area contributed by atoms with E-state index in [1.807, 2.05) is 0 Å². The first-order valence-electron chi connectivity index (χ1n) is 11.2. The summed E-state index contributed by atoms with van der Waals surface area (Å²) in [5, 5.41) is 10.6. The quantitative estimate of drug-likeness (QED) is 0.549. The predicted molar refractivity (Wildman–Crippen MR) is 111 cm³/mol. The highest BCUT2D eigenvalue weighted by atomic mass is 79.9. The number of alkyl halides is 1. The van der Waals surface area contributed by atoms with Crippen molar-refractivity contribution < 1.29 is 9.90 Å². The first-order valence-corrected chi connectivity index (χ1v) is 12.3. The lowest BCUT2D eigenvalue weighted by Gasteiger charge is -2.56. The summed E-state index contributed by atoms with van der Waals surface area (Å²) < 4.78 is 0. The molecule has 3 heteroatoms. The Hall–Kier alpha value is 0.110. The second-order valence-electron chi connectivity index (χ2n) is 9.88. The number of Topliss-reactive ketones (excluding diaryl/α,β-unsaturated/α-hetero) is 1. The van der Waals surface area contributed by atoms with Crippen molar-refractivity contribution in [3.63, 3.8) is 0 Å². The van der Waals surface area contributed by atoms with Crippen molar-refractivity contribution in [2.75, 3.05) is 5.33 Å². The number of carbonyl (C=O) groups excluding carboxylic acids is 1. The molecule has 0 aliphatic heterocycles. The first kappa shape index (κ1) is 20.8. The van der Waals surface area contributed by atoms with Gasteiger partial charge in [0.15, 0.2) is 0 Å². The third-order valence-electron chi connectivity index (χ3n) is 8.45. The minimum absolute atomic E-state index is 0.0333. The highest BCUT2D eigenvalue weighted by Gasteiger charge is 2.58. The SMILES string of the molecule is CC12CCC3[C@@H](CCC4CC(O)CC[C@@H]43)C1CCC2C(=O)CBr.CCC. The Morgan fingerprint density at radius 1 is 1.00 bits per heavy atom. The van der Waals surface area contributed by atoms with Crippen LogP contribution in [0.4, 0.5) is 0 Å². The van der Waals surface area contributed by atoms with Gasteiger partial charge in [-0.25, -0.2) is 0 Å². The average Bonchev–Trinajstić information content (AvgIpc) is 2.98. The van der Waals surface area contributed by atoms with Crippen molar-refractivity contribution in [1.82, 2.24) is 0 Å². The van der Waals surface area contributed by atoms with E-state index in [9.17, 15) is 9.90 Å². The molecular formula is C23H39BrO2. The summed E-state index contributed by atoms with van der Waals surface area (Å²) in [6.07, 6.45) is 12.2. The molecule has 4 aliphatic carbocycles. The lowest BCUT2D eigenvalue weighted by atomic mass is 9.49. The van der Waals surface area contributed by atoms with E-state index in [0.717, 1.165) is 48.9 Å². The summed E-state index contributed by atoms with van der Waals surface area (Å²) in [6, 6.07) is 0. The van der Waals surface area contributed by atoms with Crippen molar-refractivity contribution in [3.05, 3.63) is 0 Å². The lowest BCUT2D eigenvalue weighted by molar-refractivity contribution is -0.128. The van der Waals surface area contributed by atoms with E-state index in [2.05, 4.69) is 36.7 Å². The number of halogens is 1. The van der Waals surface area contributed by atoms with Gasteiger partial charge in [-0.1, -0.05) is 43.1 Å². The number of hydrogen-bond donors (Lipinski definition) is 1. The van der Waals surface area contributed by atoms with Gasteiger partial charge in [0.2, 0.25) is 0 Å². The van der Waals surface area contributed by atoms with Gasteiger partial charge >= 0.3 is 0 Å². The summed E-state index contributed by atoms with van der Waals surface area (Å²) in [5.74, 6) is 4.93. The third kappa shape index (κ3) is 3.69. The fraction of sp³-hybridized carbons (Fsp3) is 0.957. The summed E-state index contributed by atoms with van der Waals surface area (Å²) in [5.41, 5.74) is 0.271. The number of aliphatic hydroxyl groups is 1. The zero-order valence-corrected chi connectivity index (χ0v) is 18.6. The Morgan fingerprint density at radius 3 is 2.38 bits per heavy atom. The van der Waals surface area contributed by atoms with Crippen molar-refractivity contribution in [1.29, 1.82) is 0 Å². The van der Waals surface area contributed by atoms with Gasteiger partial charge in [0.25, 0.3) is 0 Å². The van der Waals surface area contributed by atoms with E-state index in [1.165, 1.54) is 44.9 Å². The molecule has 8 atom stereocenters. The summed E-state index contributed by atoms with van der Waals surface area (Å²) in [7, 11) is 0. The molecule has 4 fully saturated rings. The zero-order chi connectivity index (χ0) is 18.9. The van der Waals surface area contributed by atoms with E-state index >= 15 is 0 Å². The fourth-order valence-corrected chi connectivity index (χ4v) is 7.84. The van der Waals surface area contributed by atoms with Crippen molar-refractivity contribution in [2.45, 2.75) is 91.1 Å². The van der Waals surface area contributed by atoms with Gasteiger partial charge in [0, 0.05) is 5.92 Å². The molecule has 4 saturated carbocycles. The number of aliphatic hydroxyl groups excluding tert-OH is 1. The molecule has 0 aromatic rings. The van der Waals surface area contributed by atoms with Gasteiger partial charge in [0.1, 0.15) is 5.78 Å². The number of ketones is 1. The van der Waals surface area contributed by atoms with E-state index in [-0.39, 0.29) is 11.5 Å². The maximum Gasteiger partial charge on any atom is 0.147 e. The Bertz CT molecular complexity index is 493. The fourth-order valence-electron chi connectivity index (χ4n) is 7.45. The second kappa shape index (κ2) is 8.64. The molecule has 0 saturated heterocycles. The molecule has 0 radical (unpaired) electrons. The van der Waals surface area contributed by atoms with Crippen LogP contribution in [0.5, 0.6) is 0 Å². The highest BCUT2D eigenvalue weighted by molar-refractivity contribution is 9.09. The van der Waals surface area contributed by atoms with E-state index in [4.69, 9.17) is 0 Å². The van der Waals surface area contributed by atoms with Gasteiger partial charge in [-0.2, -0.15) is 0 Å². The molecule has 26 heavy (non-hydrogen) atoms. The van der Waals surface area contributed by atoms with Crippen LogP contribution in [0.2, 0.25) is 0 Å². The van der Waals surface area contributed by atoms with Crippen molar-refractivity contribution in [2.24, 2.45) is 40.9 Å². The molecule has 0 aromatic heterocycles. The van der Waals surface area contributed by atoms with Crippen LogP contribution in [0, 0.1) is 40.9 Å². The summed E-state index contributed by atoms with van der Waals surface area (Å²) in [4.78, 5) is 12.4. The van der Waals surface area contributed by atoms with Gasteiger partial charge in [-0.15, -0.1) is 0 Å². The molecule has 0 aromatic carbocycles. The molecule has 0 bridgehead atoms. The maximum absolute atomic E-state index is 12.4. The maximum atomic E-state index is 12.4. The van der Waals surface area contributed by atoms with Crippen LogP contribution in [0.15, 0.2) is 0 Å². The number of rotatable bonds is 2. The van der Waals surface area contributed by atoms with Crippen LogP contribution in [-0.4, -0.2) is 22.3 Å². The third-order valence-corrected chi connectivity index (χ3v) is 9.00. The summed E-state index contributed by atoms with van der Waals surface area (Å²) >= 11 is 3.41. The number of hydrogen-bond acceptors (Lipinski definition) is 2. The number of fused-ring (bicyclic) bond motifs is 5.